The summed E-state index contributed by atoms with van der Waals surface area (Å²) in [5.41, 5.74) is 1.20. The van der Waals surface area contributed by atoms with Crippen LogP contribution in [0.5, 0.6) is 0 Å². The molecule has 0 aliphatic heterocycles. The summed E-state index contributed by atoms with van der Waals surface area (Å²) >= 11 is 8.66. The first-order valence-electron chi connectivity index (χ1n) is 3.55. The molecule has 2 N–H and O–H groups in total. The molecule has 0 amide bonds. The lowest BCUT2D eigenvalue weighted by atomic mass is 10.2. The summed E-state index contributed by atoms with van der Waals surface area (Å²) in [5, 5.41) is 3.54. The highest BCUT2D eigenvalue weighted by molar-refractivity contribution is 7.84. The third kappa shape index (κ3) is 3.11. The Hall–Kier alpha value is -0.740. The Balaban J connectivity index is 2.38. The summed E-state index contributed by atoms with van der Waals surface area (Å²) in [4.78, 5) is 0. The van der Waals surface area contributed by atoms with Gasteiger partial charge in [-0.3, -0.25) is 0 Å². The van der Waals surface area contributed by atoms with Crippen molar-refractivity contribution in [3.05, 3.63) is 35.9 Å². The molecule has 0 heterocycles. The number of thiocarbonyl (C=S) groups is 1. The largest absolute Gasteiger partial charge is 0.358 e. The lowest BCUT2D eigenvalue weighted by Gasteiger charge is -2.05. The van der Waals surface area contributed by atoms with Gasteiger partial charge in [0.15, 0.2) is 5.11 Å². The van der Waals surface area contributed by atoms with Gasteiger partial charge < -0.3 is 10.0 Å². The first kappa shape index (κ1) is 9.35. The van der Waals surface area contributed by atoms with Crippen molar-refractivity contribution in [2.24, 2.45) is 0 Å². The standard InChI is InChI=1S/C8H10N2S2/c11-8(10-12)9-6-7-4-2-1-3-5-7/h1-5,12H,6H2,(H2,9,10,11). The molecule has 0 fully saturated rings. The molecule has 1 rings (SSSR count). The van der Waals surface area contributed by atoms with Crippen LogP contribution in [0.2, 0.25) is 0 Å². The molecule has 1 aromatic rings. The first-order valence-corrected chi connectivity index (χ1v) is 4.40. The van der Waals surface area contributed by atoms with E-state index in [4.69, 9.17) is 12.2 Å². The molecule has 0 aliphatic carbocycles. The number of hydrogen-bond donors (Lipinski definition) is 3. The molecule has 0 atom stereocenters. The van der Waals surface area contributed by atoms with Crippen LogP contribution in [0.25, 0.3) is 0 Å². The quantitative estimate of drug-likeness (QED) is 0.496. The van der Waals surface area contributed by atoms with Gasteiger partial charge in [-0.15, -0.1) is 0 Å². The van der Waals surface area contributed by atoms with Crippen molar-refractivity contribution in [1.82, 2.24) is 10.0 Å². The van der Waals surface area contributed by atoms with Gasteiger partial charge in [-0.1, -0.05) is 43.1 Å². The minimum atomic E-state index is 0.544. The van der Waals surface area contributed by atoms with Crippen LogP contribution in [0.3, 0.4) is 0 Å². The predicted octanol–water partition coefficient (Wildman–Crippen LogP) is 1.50. The summed E-state index contributed by atoms with van der Waals surface area (Å²) in [6.45, 7) is 0.729. The van der Waals surface area contributed by atoms with Crippen LogP contribution in [0.4, 0.5) is 0 Å². The fraction of sp³-hybridized carbons (Fsp3) is 0.125. The van der Waals surface area contributed by atoms with Crippen molar-refractivity contribution in [1.29, 1.82) is 0 Å². The number of thiol groups is 1. The van der Waals surface area contributed by atoms with Crippen LogP contribution in [-0.4, -0.2) is 5.11 Å². The van der Waals surface area contributed by atoms with E-state index >= 15 is 0 Å². The molecule has 12 heavy (non-hydrogen) atoms. The Morgan fingerprint density at radius 3 is 2.58 bits per heavy atom. The lowest BCUT2D eigenvalue weighted by molar-refractivity contribution is 0.913. The van der Waals surface area contributed by atoms with E-state index in [-0.39, 0.29) is 0 Å². The highest BCUT2D eigenvalue weighted by atomic mass is 32.1. The second-order valence-electron chi connectivity index (χ2n) is 2.28. The molecule has 0 saturated carbocycles. The fourth-order valence-electron chi connectivity index (χ4n) is 0.818. The van der Waals surface area contributed by atoms with Crippen LogP contribution in [0, 0.1) is 0 Å². The average molecular weight is 198 g/mol. The van der Waals surface area contributed by atoms with E-state index in [9.17, 15) is 0 Å². The maximum Gasteiger partial charge on any atom is 0.176 e. The van der Waals surface area contributed by atoms with E-state index in [2.05, 4.69) is 22.9 Å². The fourth-order valence-corrected chi connectivity index (χ4v) is 0.969. The summed E-state index contributed by atoms with van der Waals surface area (Å²) < 4.78 is 2.55. The monoisotopic (exact) mass is 198 g/mol. The molecule has 1 aromatic carbocycles. The normalized spacial score (nSPS) is 9.08. The first-order chi connectivity index (χ1) is 5.83. The van der Waals surface area contributed by atoms with Crippen molar-refractivity contribution < 1.29 is 0 Å². The van der Waals surface area contributed by atoms with Crippen molar-refractivity contribution in [2.75, 3.05) is 0 Å². The van der Waals surface area contributed by atoms with Gasteiger partial charge in [-0.25, -0.2) is 0 Å². The lowest BCUT2D eigenvalue weighted by Crippen LogP contribution is -2.28. The Bertz CT molecular complexity index is 248. The second-order valence-corrected chi connectivity index (χ2v) is 2.91. The third-order valence-corrected chi connectivity index (χ3v) is 2.02. The maximum atomic E-state index is 4.86. The summed E-state index contributed by atoms with van der Waals surface area (Å²) in [6, 6.07) is 10.0. The van der Waals surface area contributed by atoms with Crippen molar-refractivity contribution in [3.8, 4) is 0 Å². The smallest absolute Gasteiger partial charge is 0.176 e. The molecule has 4 heteroatoms. The zero-order valence-electron chi connectivity index (χ0n) is 6.45. The van der Waals surface area contributed by atoms with Crippen LogP contribution in [-0.2, 0) is 6.54 Å². The zero-order chi connectivity index (χ0) is 8.81. The highest BCUT2D eigenvalue weighted by Gasteiger charge is 1.91. The number of hydrogen-bond acceptors (Lipinski definition) is 2. The van der Waals surface area contributed by atoms with Gasteiger partial charge in [-0.2, -0.15) is 0 Å². The van der Waals surface area contributed by atoms with E-state index in [0.29, 0.717) is 5.11 Å². The van der Waals surface area contributed by atoms with Gasteiger partial charge in [0.25, 0.3) is 0 Å². The molecule has 0 radical (unpaired) electrons. The molecule has 0 unspecified atom stereocenters. The van der Waals surface area contributed by atoms with E-state index in [1.54, 1.807) is 0 Å². The average Bonchev–Trinajstić information content (AvgIpc) is 2.16. The third-order valence-electron chi connectivity index (χ3n) is 1.40. The number of nitrogens with one attached hydrogen (secondary N) is 2. The summed E-state index contributed by atoms with van der Waals surface area (Å²) in [6.07, 6.45) is 0. The maximum absolute atomic E-state index is 4.86. The number of benzene rings is 1. The van der Waals surface area contributed by atoms with E-state index < -0.39 is 0 Å². The molecule has 0 saturated heterocycles. The molecule has 0 spiro atoms. The van der Waals surface area contributed by atoms with Gasteiger partial charge in [0.2, 0.25) is 0 Å². The molecule has 64 valence electrons. The van der Waals surface area contributed by atoms with E-state index in [1.807, 2.05) is 30.3 Å². The Labute approximate surface area is 82.9 Å². The highest BCUT2D eigenvalue weighted by Crippen LogP contribution is 1.96. The molecule has 0 aromatic heterocycles. The topological polar surface area (TPSA) is 24.1 Å². The van der Waals surface area contributed by atoms with Crippen molar-refractivity contribution in [2.45, 2.75) is 6.54 Å². The Morgan fingerprint density at radius 1 is 1.33 bits per heavy atom. The number of rotatable bonds is 2. The van der Waals surface area contributed by atoms with E-state index in [0.717, 1.165) is 6.54 Å². The van der Waals surface area contributed by atoms with Crippen LogP contribution in [0.1, 0.15) is 5.56 Å². The minimum absolute atomic E-state index is 0.544. The molecule has 2 nitrogen and oxygen atoms in total. The Morgan fingerprint density at radius 2 is 2.00 bits per heavy atom. The van der Waals surface area contributed by atoms with Crippen molar-refractivity contribution >= 4 is 30.1 Å². The van der Waals surface area contributed by atoms with Crippen molar-refractivity contribution in [3.63, 3.8) is 0 Å². The Kier molecular flexibility index (Phi) is 3.90. The van der Waals surface area contributed by atoms with Gasteiger partial charge in [0.05, 0.1) is 0 Å². The van der Waals surface area contributed by atoms with Gasteiger partial charge in [0.1, 0.15) is 0 Å². The van der Waals surface area contributed by atoms with Gasteiger partial charge >= 0.3 is 0 Å². The van der Waals surface area contributed by atoms with Crippen LogP contribution < -0.4 is 10.0 Å². The predicted molar refractivity (Wildman–Crippen MR) is 58.0 cm³/mol. The minimum Gasteiger partial charge on any atom is -0.358 e. The zero-order valence-corrected chi connectivity index (χ0v) is 8.16. The van der Waals surface area contributed by atoms with Crippen LogP contribution in [0.15, 0.2) is 30.3 Å². The second kappa shape index (κ2) is 5.00. The SMILES string of the molecule is S=C(NS)NCc1ccccc1. The molecular weight excluding hydrogens is 188 g/mol. The molecular formula is C8H10N2S2. The van der Waals surface area contributed by atoms with Gasteiger partial charge in [0, 0.05) is 6.54 Å². The van der Waals surface area contributed by atoms with E-state index in [1.165, 1.54) is 5.56 Å². The summed E-state index contributed by atoms with van der Waals surface area (Å²) in [5.74, 6) is 0. The van der Waals surface area contributed by atoms with Crippen LogP contribution >= 0.6 is 25.0 Å². The summed E-state index contributed by atoms with van der Waals surface area (Å²) in [7, 11) is 0. The molecule has 0 aliphatic rings. The molecule has 0 bridgehead atoms. The van der Waals surface area contributed by atoms with Gasteiger partial charge in [-0.05, 0) is 17.8 Å².